The van der Waals surface area contributed by atoms with Crippen LogP contribution < -0.4 is 11.1 Å². The molecule has 4 nitrogen and oxygen atoms in total. The number of anilines is 1. The third-order valence-corrected chi connectivity index (χ3v) is 4.20. The van der Waals surface area contributed by atoms with Crippen LogP contribution in [-0.4, -0.2) is 10.9 Å². The number of nitrogen functional groups attached to an aromatic ring is 1. The normalized spacial score (nSPS) is 9.55. The van der Waals surface area contributed by atoms with E-state index in [9.17, 15) is 4.79 Å². The number of nitrogens with zero attached hydrogens (tertiary/aromatic N) is 1. The third-order valence-electron chi connectivity index (χ3n) is 3.12. The number of rotatable bonds is 5. The quantitative estimate of drug-likeness (QED) is 0.801. The van der Waals surface area contributed by atoms with Crippen LogP contribution in [0.4, 0.5) is 5.69 Å². The number of nitrogens with two attached hydrogens (primary N) is 1. The molecule has 0 aliphatic heterocycles. The maximum Gasteiger partial charge on any atom is 0.220 e. The number of carbonyl (C=O) groups excluding carboxylic acids is 1. The molecule has 1 aromatic carbocycles. The van der Waals surface area contributed by atoms with Crippen molar-refractivity contribution in [3.8, 4) is 0 Å². The second-order valence-corrected chi connectivity index (χ2v) is 6.00. The van der Waals surface area contributed by atoms with Crippen LogP contribution in [0.15, 0.2) is 24.3 Å². The lowest BCUT2D eigenvalue weighted by atomic mass is 10.1. The Bertz CT molecular complexity index is 617. The van der Waals surface area contributed by atoms with E-state index in [1.165, 1.54) is 0 Å². The maximum atomic E-state index is 11.9. The number of aromatic nitrogens is 1. The molecule has 0 aliphatic rings. The van der Waals surface area contributed by atoms with Gasteiger partial charge in [0, 0.05) is 17.0 Å². The highest BCUT2D eigenvalue weighted by Gasteiger charge is 2.08. The molecule has 0 aliphatic carbocycles. The number of nitrogens with one attached hydrogen (secondary N) is 1. The second-order valence-electron chi connectivity index (χ2n) is 4.72. The van der Waals surface area contributed by atoms with Crippen LogP contribution in [-0.2, 0) is 17.8 Å². The Hall–Kier alpha value is -1.30. The Morgan fingerprint density at radius 1 is 1.27 bits per heavy atom. The van der Waals surface area contributed by atoms with Crippen LogP contribution >= 0.6 is 36.2 Å². The average Bonchev–Trinajstić information content (AvgIpc) is 2.74. The molecule has 0 bridgehead atoms. The molecule has 0 atom stereocenters. The maximum absolute atomic E-state index is 11.9. The predicted octanol–water partition coefficient (Wildman–Crippen LogP) is 3.43. The molecule has 3 N–H and O–H groups in total. The molecular weight excluding hydrogens is 341 g/mol. The first-order chi connectivity index (χ1) is 9.56. The molecule has 7 heteroatoms. The Kier molecular flexibility index (Phi) is 9.09. The summed E-state index contributed by atoms with van der Waals surface area (Å²) in [7, 11) is 0. The third kappa shape index (κ3) is 5.83. The summed E-state index contributed by atoms with van der Waals surface area (Å²) in [6, 6.07) is 7.65. The van der Waals surface area contributed by atoms with Crippen molar-refractivity contribution in [1.82, 2.24) is 10.3 Å². The van der Waals surface area contributed by atoms with E-state index in [1.54, 1.807) is 11.3 Å². The monoisotopic (exact) mass is 361 g/mol. The van der Waals surface area contributed by atoms with Crippen LogP contribution in [0.3, 0.4) is 0 Å². The number of benzene rings is 1. The summed E-state index contributed by atoms with van der Waals surface area (Å²) in [6.45, 7) is 4.50. The summed E-state index contributed by atoms with van der Waals surface area (Å²) in [6.07, 6.45) is 1.12. The first-order valence-corrected chi connectivity index (χ1v) is 7.41. The molecule has 1 amide bonds. The standard InChI is InChI=1S/C15H19N3OS.2ClH/c1-10-14(20-11(2)18-10)9-17-15(19)8-7-12-5-3-4-6-13(12)16;;/h3-6H,7-9,16H2,1-2H3,(H,17,19);2*1H. The van der Waals surface area contributed by atoms with Crippen LogP contribution in [0.2, 0.25) is 0 Å². The van der Waals surface area contributed by atoms with E-state index in [4.69, 9.17) is 5.73 Å². The fraction of sp³-hybridized carbons (Fsp3) is 0.333. The molecule has 2 rings (SSSR count). The highest BCUT2D eigenvalue weighted by molar-refractivity contribution is 7.11. The fourth-order valence-corrected chi connectivity index (χ4v) is 2.89. The SMILES string of the molecule is Cc1nc(C)c(CNC(=O)CCc2ccccc2N)s1.Cl.Cl. The molecule has 0 saturated heterocycles. The molecule has 0 saturated carbocycles. The van der Waals surface area contributed by atoms with Gasteiger partial charge in [-0.05, 0) is 31.9 Å². The van der Waals surface area contributed by atoms with Gasteiger partial charge < -0.3 is 11.1 Å². The van der Waals surface area contributed by atoms with Crippen molar-refractivity contribution in [2.45, 2.75) is 33.2 Å². The van der Waals surface area contributed by atoms with Crippen LogP contribution in [0, 0.1) is 13.8 Å². The van der Waals surface area contributed by atoms with Crippen LogP contribution in [0.25, 0.3) is 0 Å². The molecule has 0 fully saturated rings. The summed E-state index contributed by atoms with van der Waals surface area (Å²) in [5, 5.41) is 3.96. The zero-order valence-electron chi connectivity index (χ0n) is 12.6. The van der Waals surface area contributed by atoms with Gasteiger partial charge in [0.1, 0.15) is 0 Å². The molecule has 0 radical (unpaired) electrons. The minimum atomic E-state index is 0. The Morgan fingerprint density at radius 2 is 1.95 bits per heavy atom. The van der Waals surface area contributed by atoms with Gasteiger partial charge >= 0.3 is 0 Å². The van der Waals surface area contributed by atoms with Crippen molar-refractivity contribution in [2.24, 2.45) is 0 Å². The lowest BCUT2D eigenvalue weighted by molar-refractivity contribution is -0.121. The van der Waals surface area contributed by atoms with Gasteiger partial charge in [0.25, 0.3) is 0 Å². The lowest BCUT2D eigenvalue weighted by Gasteiger charge is -2.06. The van der Waals surface area contributed by atoms with Gasteiger partial charge in [0.2, 0.25) is 5.91 Å². The molecule has 22 heavy (non-hydrogen) atoms. The van der Waals surface area contributed by atoms with Crippen molar-refractivity contribution in [3.63, 3.8) is 0 Å². The number of thiazole rings is 1. The van der Waals surface area contributed by atoms with E-state index >= 15 is 0 Å². The van der Waals surface area contributed by atoms with Gasteiger partial charge in [-0.15, -0.1) is 36.2 Å². The Morgan fingerprint density at radius 3 is 2.55 bits per heavy atom. The highest BCUT2D eigenvalue weighted by Crippen LogP contribution is 2.17. The predicted molar refractivity (Wildman–Crippen MR) is 97.1 cm³/mol. The molecule has 0 spiro atoms. The largest absolute Gasteiger partial charge is 0.399 e. The van der Waals surface area contributed by atoms with Gasteiger partial charge in [0.15, 0.2) is 0 Å². The minimum Gasteiger partial charge on any atom is -0.399 e. The van der Waals surface area contributed by atoms with Gasteiger partial charge in [-0.25, -0.2) is 4.98 Å². The number of carbonyl (C=O) groups is 1. The number of aryl methyl sites for hydroxylation is 3. The van der Waals surface area contributed by atoms with E-state index in [1.807, 2.05) is 38.1 Å². The number of amides is 1. The zero-order valence-corrected chi connectivity index (χ0v) is 15.0. The van der Waals surface area contributed by atoms with Gasteiger partial charge in [0.05, 0.1) is 17.2 Å². The van der Waals surface area contributed by atoms with E-state index in [0.717, 1.165) is 26.8 Å². The Labute approximate surface area is 147 Å². The second kappa shape index (κ2) is 9.66. The van der Waals surface area contributed by atoms with E-state index in [-0.39, 0.29) is 30.7 Å². The number of hydrogen-bond donors (Lipinski definition) is 2. The zero-order chi connectivity index (χ0) is 14.5. The van der Waals surface area contributed by atoms with Gasteiger partial charge in [-0.3, -0.25) is 4.79 Å². The van der Waals surface area contributed by atoms with Crippen LogP contribution in [0.5, 0.6) is 0 Å². The van der Waals surface area contributed by atoms with Gasteiger partial charge in [-0.2, -0.15) is 0 Å². The van der Waals surface area contributed by atoms with Crippen molar-refractivity contribution in [3.05, 3.63) is 45.4 Å². The summed E-state index contributed by atoms with van der Waals surface area (Å²) >= 11 is 1.63. The van der Waals surface area contributed by atoms with E-state index in [2.05, 4.69) is 10.3 Å². The highest BCUT2D eigenvalue weighted by atomic mass is 35.5. The van der Waals surface area contributed by atoms with Crippen LogP contribution in [0.1, 0.15) is 27.6 Å². The first kappa shape index (κ1) is 20.7. The first-order valence-electron chi connectivity index (χ1n) is 6.59. The van der Waals surface area contributed by atoms with Crippen molar-refractivity contribution < 1.29 is 4.79 Å². The average molecular weight is 362 g/mol. The van der Waals surface area contributed by atoms with E-state index in [0.29, 0.717) is 19.4 Å². The number of halogens is 2. The lowest BCUT2D eigenvalue weighted by Crippen LogP contribution is -2.23. The molecule has 1 heterocycles. The summed E-state index contributed by atoms with van der Waals surface area (Å²) in [4.78, 5) is 17.3. The van der Waals surface area contributed by atoms with E-state index < -0.39 is 0 Å². The smallest absolute Gasteiger partial charge is 0.220 e. The van der Waals surface area contributed by atoms with Crippen molar-refractivity contribution in [1.29, 1.82) is 0 Å². The summed E-state index contributed by atoms with van der Waals surface area (Å²) < 4.78 is 0. The molecule has 2 aromatic rings. The summed E-state index contributed by atoms with van der Waals surface area (Å²) in [5.74, 6) is 0.0405. The fourth-order valence-electron chi connectivity index (χ4n) is 2.01. The minimum absolute atomic E-state index is 0. The molecule has 122 valence electrons. The van der Waals surface area contributed by atoms with Crippen molar-refractivity contribution >= 4 is 47.7 Å². The van der Waals surface area contributed by atoms with Gasteiger partial charge in [-0.1, -0.05) is 18.2 Å². The Balaban J connectivity index is 0.00000220. The number of hydrogen-bond acceptors (Lipinski definition) is 4. The van der Waals surface area contributed by atoms with Crippen molar-refractivity contribution in [2.75, 3.05) is 5.73 Å². The molecule has 0 unspecified atom stereocenters. The molecular formula is C15H21Cl2N3OS. The topological polar surface area (TPSA) is 68.0 Å². The number of para-hydroxylation sites is 1. The summed E-state index contributed by atoms with van der Waals surface area (Å²) in [5.41, 5.74) is 8.62. The molecule has 1 aromatic heterocycles.